The lowest BCUT2D eigenvalue weighted by Gasteiger charge is -2.12. The van der Waals surface area contributed by atoms with Gasteiger partial charge in [0.25, 0.3) is 0 Å². The number of benzene rings is 2. The second-order valence-corrected chi connectivity index (χ2v) is 6.44. The van der Waals surface area contributed by atoms with E-state index in [2.05, 4.69) is 9.97 Å². The largest absolute Gasteiger partial charge is 0.397 e. The number of aryl methyl sites for hydroxylation is 1. The molecule has 0 fully saturated rings. The van der Waals surface area contributed by atoms with E-state index in [-0.39, 0.29) is 0 Å². The third-order valence-corrected chi connectivity index (χ3v) is 4.53. The average molecular weight is 358 g/mol. The van der Waals surface area contributed by atoms with Crippen LogP contribution in [0.2, 0.25) is 10.0 Å². The third-order valence-electron chi connectivity index (χ3n) is 4.01. The minimum atomic E-state index is 0.384. The SMILES string of the molecule is Cc1cc(Cl)cc(Cl)c1-c1ncc2c(N)nc3cccc(N)c3n12. The van der Waals surface area contributed by atoms with Gasteiger partial charge in [-0.1, -0.05) is 29.3 Å². The fraction of sp³-hybridized carbons (Fsp3) is 0.0588. The Kier molecular flexibility index (Phi) is 3.30. The van der Waals surface area contributed by atoms with E-state index in [1.807, 2.05) is 35.6 Å². The number of nitrogens with two attached hydrogens (primary N) is 2. The Labute approximate surface area is 147 Å². The molecular weight excluding hydrogens is 345 g/mol. The number of halogens is 2. The summed E-state index contributed by atoms with van der Waals surface area (Å²) in [7, 11) is 0. The van der Waals surface area contributed by atoms with Crippen molar-refractivity contribution in [3.63, 3.8) is 0 Å². The molecular formula is C17H13Cl2N5. The molecule has 2 heterocycles. The first kappa shape index (κ1) is 15.1. The van der Waals surface area contributed by atoms with E-state index in [9.17, 15) is 0 Å². The first-order valence-electron chi connectivity index (χ1n) is 7.24. The molecule has 0 unspecified atom stereocenters. The van der Waals surface area contributed by atoms with Crippen molar-refractivity contribution in [2.75, 3.05) is 11.5 Å². The van der Waals surface area contributed by atoms with Crippen molar-refractivity contribution < 1.29 is 0 Å². The van der Waals surface area contributed by atoms with Gasteiger partial charge in [0.05, 0.1) is 27.9 Å². The molecule has 5 nitrogen and oxygen atoms in total. The van der Waals surface area contributed by atoms with Crippen LogP contribution in [0.25, 0.3) is 27.9 Å². The predicted molar refractivity (Wildman–Crippen MR) is 99.5 cm³/mol. The highest BCUT2D eigenvalue weighted by molar-refractivity contribution is 6.36. The van der Waals surface area contributed by atoms with Crippen LogP contribution in [0.4, 0.5) is 11.5 Å². The highest BCUT2D eigenvalue weighted by Crippen LogP contribution is 2.36. The van der Waals surface area contributed by atoms with Crippen molar-refractivity contribution in [1.29, 1.82) is 0 Å². The number of aromatic nitrogens is 3. The van der Waals surface area contributed by atoms with Gasteiger partial charge in [0, 0.05) is 10.6 Å². The average Bonchev–Trinajstić information content (AvgIpc) is 2.91. The Bertz CT molecular complexity index is 1090. The molecule has 2 aromatic carbocycles. The lowest BCUT2D eigenvalue weighted by atomic mass is 10.1. The molecule has 0 radical (unpaired) electrons. The van der Waals surface area contributed by atoms with Crippen LogP contribution in [0.3, 0.4) is 0 Å². The molecule has 4 aromatic rings. The second kappa shape index (κ2) is 5.26. The van der Waals surface area contributed by atoms with Gasteiger partial charge in [-0.15, -0.1) is 0 Å². The molecule has 0 aliphatic heterocycles. The van der Waals surface area contributed by atoms with E-state index in [0.29, 0.717) is 38.4 Å². The van der Waals surface area contributed by atoms with Gasteiger partial charge in [-0.05, 0) is 36.8 Å². The lowest BCUT2D eigenvalue weighted by Crippen LogP contribution is -2.03. The van der Waals surface area contributed by atoms with E-state index in [1.54, 1.807) is 12.3 Å². The molecule has 0 aliphatic carbocycles. The number of rotatable bonds is 1. The minimum Gasteiger partial charge on any atom is -0.397 e. The zero-order valence-electron chi connectivity index (χ0n) is 12.7. The molecule has 7 heteroatoms. The quantitative estimate of drug-likeness (QED) is 0.496. The van der Waals surface area contributed by atoms with E-state index >= 15 is 0 Å². The molecule has 0 spiro atoms. The van der Waals surface area contributed by atoms with Crippen LogP contribution in [0.15, 0.2) is 36.5 Å². The summed E-state index contributed by atoms with van der Waals surface area (Å²) in [6, 6.07) is 9.07. The molecule has 0 saturated carbocycles. The molecule has 0 aliphatic rings. The van der Waals surface area contributed by atoms with E-state index in [0.717, 1.165) is 16.6 Å². The van der Waals surface area contributed by atoms with Crippen LogP contribution in [0.5, 0.6) is 0 Å². The van der Waals surface area contributed by atoms with Gasteiger partial charge in [0.1, 0.15) is 17.2 Å². The maximum absolute atomic E-state index is 6.44. The Balaban J connectivity index is 2.21. The van der Waals surface area contributed by atoms with Crippen molar-refractivity contribution in [3.05, 3.63) is 52.1 Å². The number of anilines is 2. The molecule has 0 saturated heterocycles. The summed E-state index contributed by atoms with van der Waals surface area (Å²) in [5.74, 6) is 1.04. The van der Waals surface area contributed by atoms with Crippen LogP contribution >= 0.6 is 23.2 Å². The lowest BCUT2D eigenvalue weighted by molar-refractivity contribution is 1.19. The van der Waals surface area contributed by atoms with Crippen LogP contribution in [-0.4, -0.2) is 14.4 Å². The Morgan fingerprint density at radius 3 is 2.67 bits per heavy atom. The van der Waals surface area contributed by atoms with Crippen LogP contribution < -0.4 is 11.5 Å². The topological polar surface area (TPSA) is 82.2 Å². The van der Waals surface area contributed by atoms with Gasteiger partial charge in [-0.3, -0.25) is 4.40 Å². The van der Waals surface area contributed by atoms with E-state index < -0.39 is 0 Å². The Morgan fingerprint density at radius 2 is 1.92 bits per heavy atom. The number of fused-ring (bicyclic) bond motifs is 3. The molecule has 2 aromatic heterocycles. The molecule has 0 atom stereocenters. The van der Waals surface area contributed by atoms with Crippen LogP contribution in [-0.2, 0) is 0 Å². The molecule has 120 valence electrons. The number of hydrogen-bond acceptors (Lipinski definition) is 4. The number of hydrogen-bond donors (Lipinski definition) is 2. The third kappa shape index (κ3) is 2.09. The first-order chi connectivity index (χ1) is 11.5. The molecule has 0 amide bonds. The van der Waals surface area contributed by atoms with E-state index in [4.69, 9.17) is 34.7 Å². The van der Waals surface area contributed by atoms with Crippen LogP contribution in [0, 0.1) is 6.92 Å². The predicted octanol–water partition coefficient (Wildman–Crippen LogP) is 4.33. The van der Waals surface area contributed by atoms with Gasteiger partial charge < -0.3 is 11.5 Å². The zero-order chi connectivity index (χ0) is 17.0. The molecule has 0 bridgehead atoms. The first-order valence-corrected chi connectivity index (χ1v) is 8.00. The second-order valence-electron chi connectivity index (χ2n) is 5.59. The normalized spacial score (nSPS) is 11.5. The fourth-order valence-corrected chi connectivity index (χ4v) is 3.67. The van der Waals surface area contributed by atoms with Gasteiger partial charge in [0.15, 0.2) is 0 Å². The maximum Gasteiger partial charge on any atom is 0.150 e. The van der Waals surface area contributed by atoms with Crippen LogP contribution in [0.1, 0.15) is 5.56 Å². The van der Waals surface area contributed by atoms with Crippen molar-refractivity contribution in [1.82, 2.24) is 14.4 Å². The highest BCUT2D eigenvalue weighted by atomic mass is 35.5. The summed E-state index contributed by atoms with van der Waals surface area (Å²) in [5.41, 5.74) is 16.7. The number of para-hydroxylation sites is 1. The molecule has 4 rings (SSSR count). The van der Waals surface area contributed by atoms with Crippen molar-refractivity contribution in [2.24, 2.45) is 0 Å². The van der Waals surface area contributed by atoms with Gasteiger partial charge in [-0.2, -0.15) is 0 Å². The number of imidazole rings is 1. The fourth-order valence-electron chi connectivity index (χ4n) is 2.99. The standard InChI is InChI=1S/C17H13Cl2N5/c1-8-5-9(18)6-10(19)14(8)17-22-7-13-16(21)23-12-4-2-3-11(20)15(12)24(13)17/h2-7H,20H2,1H3,(H2,21,23). The van der Waals surface area contributed by atoms with Gasteiger partial charge >= 0.3 is 0 Å². The summed E-state index contributed by atoms with van der Waals surface area (Å²) in [4.78, 5) is 8.94. The van der Waals surface area contributed by atoms with Gasteiger partial charge in [0.2, 0.25) is 0 Å². The summed E-state index contributed by atoms with van der Waals surface area (Å²) in [6.07, 6.45) is 1.67. The summed E-state index contributed by atoms with van der Waals surface area (Å²) < 4.78 is 1.90. The minimum absolute atomic E-state index is 0.384. The zero-order valence-corrected chi connectivity index (χ0v) is 14.2. The Hall–Kier alpha value is -2.50. The molecule has 4 N–H and O–H groups in total. The number of nitrogen functional groups attached to an aromatic ring is 2. The van der Waals surface area contributed by atoms with Crippen molar-refractivity contribution in [2.45, 2.75) is 6.92 Å². The highest BCUT2D eigenvalue weighted by Gasteiger charge is 2.18. The monoisotopic (exact) mass is 357 g/mol. The van der Waals surface area contributed by atoms with Crippen molar-refractivity contribution in [3.8, 4) is 11.4 Å². The van der Waals surface area contributed by atoms with Crippen molar-refractivity contribution >= 4 is 51.3 Å². The number of nitrogens with zero attached hydrogens (tertiary/aromatic N) is 3. The summed E-state index contributed by atoms with van der Waals surface area (Å²) in [5, 5.41) is 1.10. The Morgan fingerprint density at radius 1 is 1.12 bits per heavy atom. The summed E-state index contributed by atoms with van der Waals surface area (Å²) in [6.45, 7) is 1.93. The van der Waals surface area contributed by atoms with E-state index in [1.165, 1.54) is 0 Å². The summed E-state index contributed by atoms with van der Waals surface area (Å²) >= 11 is 12.5. The smallest absolute Gasteiger partial charge is 0.150 e. The van der Waals surface area contributed by atoms with Gasteiger partial charge in [-0.25, -0.2) is 9.97 Å². The maximum atomic E-state index is 6.44. The molecule has 24 heavy (non-hydrogen) atoms.